The summed E-state index contributed by atoms with van der Waals surface area (Å²) < 4.78 is 1.80. The van der Waals surface area contributed by atoms with E-state index >= 15 is 0 Å². The van der Waals surface area contributed by atoms with E-state index in [2.05, 4.69) is 22.4 Å². The summed E-state index contributed by atoms with van der Waals surface area (Å²) in [6.07, 6.45) is 9.34. The molecule has 1 aromatic rings. The standard InChI is InChI=1S/C24H32N4O3/c29-22(25-9-12-26-10-3-4-11-26)20-7-8-21-19-13-17(15-28(21)24(20)31)14-27(16-19)23(30)18-5-1-2-6-18/h1-2,7-8,17-19H,3-6,9-16H2,(H,25,29)/t17-,19+/m0/s1. The van der Waals surface area contributed by atoms with Crippen LogP contribution in [0.15, 0.2) is 29.1 Å². The Balaban J connectivity index is 1.27. The Morgan fingerprint density at radius 1 is 1.03 bits per heavy atom. The zero-order valence-electron chi connectivity index (χ0n) is 18.1. The van der Waals surface area contributed by atoms with Gasteiger partial charge in [0.15, 0.2) is 0 Å². The molecule has 3 aliphatic heterocycles. The summed E-state index contributed by atoms with van der Waals surface area (Å²) in [6.45, 7) is 5.57. The van der Waals surface area contributed by atoms with Crippen LogP contribution in [-0.2, 0) is 11.3 Å². The highest BCUT2D eigenvalue weighted by Crippen LogP contribution is 2.36. The molecule has 166 valence electrons. The number of carbonyl (C=O) groups is 2. The topological polar surface area (TPSA) is 74.7 Å². The maximum atomic E-state index is 13.1. The first-order valence-corrected chi connectivity index (χ1v) is 11.8. The van der Waals surface area contributed by atoms with Gasteiger partial charge in [-0.3, -0.25) is 14.4 Å². The van der Waals surface area contributed by atoms with Crippen molar-refractivity contribution in [3.8, 4) is 0 Å². The van der Waals surface area contributed by atoms with E-state index in [1.165, 1.54) is 12.8 Å². The number of pyridine rings is 1. The lowest BCUT2D eigenvalue weighted by Crippen LogP contribution is -2.51. The van der Waals surface area contributed by atoms with E-state index in [4.69, 9.17) is 0 Å². The monoisotopic (exact) mass is 424 g/mol. The van der Waals surface area contributed by atoms with Crippen molar-refractivity contribution in [1.82, 2.24) is 19.7 Å². The predicted octanol–water partition coefficient (Wildman–Crippen LogP) is 1.59. The molecule has 5 rings (SSSR count). The van der Waals surface area contributed by atoms with Crippen molar-refractivity contribution in [2.24, 2.45) is 11.8 Å². The van der Waals surface area contributed by atoms with Crippen LogP contribution in [0.2, 0.25) is 0 Å². The van der Waals surface area contributed by atoms with Crippen LogP contribution >= 0.6 is 0 Å². The zero-order chi connectivity index (χ0) is 21.4. The van der Waals surface area contributed by atoms with Gasteiger partial charge >= 0.3 is 0 Å². The zero-order valence-corrected chi connectivity index (χ0v) is 18.1. The second kappa shape index (κ2) is 8.61. The van der Waals surface area contributed by atoms with Gasteiger partial charge in [0.05, 0.1) is 0 Å². The van der Waals surface area contributed by atoms with Crippen LogP contribution < -0.4 is 10.9 Å². The van der Waals surface area contributed by atoms with Gasteiger partial charge in [-0.05, 0) is 63.2 Å². The summed E-state index contributed by atoms with van der Waals surface area (Å²) in [5.41, 5.74) is 1.01. The Morgan fingerprint density at radius 3 is 2.58 bits per heavy atom. The van der Waals surface area contributed by atoms with Crippen LogP contribution in [0.4, 0.5) is 0 Å². The quantitative estimate of drug-likeness (QED) is 0.729. The number of piperidine rings is 1. The van der Waals surface area contributed by atoms with Gasteiger partial charge < -0.3 is 19.7 Å². The number of aromatic nitrogens is 1. The van der Waals surface area contributed by atoms with E-state index in [0.29, 0.717) is 26.2 Å². The number of likely N-dealkylation sites (tertiary alicyclic amines) is 2. The average molecular weight is 425 g/mol. The fourth-order valence-electron chi connectivity index (χ4n) is 5.80. The van der Waals surface area contributed by atoms with Crippen LogP contribution in [0.1, 0.15) is 54.1 Å². The molecule has 0 aromatic carbocycles. The van der Waals surface area contributed by atoms with Crippen LogP contribution in [-0.4, -0.2) is 65.4 Å². The molecule has 7 nitrogen and oxygen atoms in total. The van der Waals surface area contributed by atoms with Gasteiger partial charge in [0.2, 0.25) is 5.91 Å². The molecular weight excluding hydrogens is 392 g/mol. The Labute approximate surface area is 183 Å². The summed E-state index contributed by atoms with van der Waals surface area (Å²) in [6, 6.07) is 3.62. The lowest BCUT2D eigenvalue weighted by Gasteiger charge is -2.43. The predicted molar refractivity (Wildman–Crippen MR) is 118 cm³/mol. The third-order valence-electron chi connectivity index (χ3n) is 7.43. The molecule has 2 saturated heterocycles. The Bertz CT molecular complexity index is 939. The highest BCUT2D eigenvalue weighted by atomic mass is 16.2. The molecule has 1 aliphatic carbocycles. The van der Waals surface area contributed by atoms with Crippen LogP contribution in [0.5, 0.6) is 0 Å². The largest absolute Gasteiger partial charge is 0.351 e. The molecule has 0 saturated carbocycles. The number of amides is 2. The first-order chi connectivity index (χ1) is 15.1. The molecule has 0 radical (unpaired) electrons. The van der Waals surface area contributed by atoms with E-state index in [1.807, 2.05) is 11.0 Å². The molecule has 31 heavy (non-hydrogen) atoms. The summed E-state index contributed by atoms with van der Waals surface area (Å²) in [5.74, 6) is 0.513. The van der Waals surface area contributed by atoms with Crippen LogP contribution in [0, 0.1) is 11.8 Å². The number of rotatable bonds is 5. The van der Waals surface area contributed by atoms with Gasteiger partial charge in [0, 0.05) is 50.3 Å². The minimum absolute atomic E-state index is 0.0904. The molecule has 4 heterocycles. The molecule has 2 atom stereocenters. The van der Waals surface area contributed by atoms with E-state index in [9.17, 15) is 14.4 Å². The molecule has 1 N–H and O–H groups in total. The van der Waals surface area contributed by atoms with Gasteiger partial charge in [-0.15, -0.1) is 0 Å². The number of fused-ring (bicyclic) bond motifs is 4. The number of hydrogen-bond acceptors (Lipinski definition) is 4. The minimum atomic E-state index is -0.277. The van der Waals surface area contributed by atoms with E-state index in [0.717, 1.165) is 44.6 Å². The van der Waals surface area contributed by atoms with Gasteiger partial charge in [0.1, 0.15) is 5.56 Å². The van der Waals surface area contributed by atoms with Crippen molar-refractivity contribution >= 4 is 11.8 Å². The van der Waals surface area contributed by atoms with Crippen molar-refractivity contribution in [3.05, 3.63) is 45.9 Å². The van der Waals surface area contributed by atoms with Gasteiger partial charge in [-0.1, -0.05) is 12.2 Å². The van der Waals surface area contributed by atoms with E-state index in [-0.39, 0.29) is 40.7 Å². The first kappa shape index (κ1) is 20.5. The van der Waals surface area contributed by atoms with Crippen molar-refractivity contribution < 1.29 is 9.59 Å². The Hall–Kier alpha value is -2.41. The lowest BCUT2D eigenvalue weighted by molar-refractivity contribution is -0.138. The Kier molecular flexibility index (Phi) is 5.69. The number of carbonyl (C=O) groups excluding carboxylic acids is 2. The maximum absolute atomic E-state index is 13.1. The summed E-state index contributed by atoms with van der Waals surface area (Å²) in [4.78, 5) is 43.1. The van der Waals surface area contributed by atoms with Crippen LogP contribution in [0.3, 0.4) is 0 Å². The minimum Gasteiger partial charge on any atom is -0.351 e. The lowest BCUT2D eigenvalue weighted by atomic mass is 9.82. The third-order valence-corrected chi connectivity index (χ3v) is 7.43. The number of hydrogen-bond donors (Lipinski definition) is 1. The van der Waals surface area contributed by atoms with Crippen LogP contribution in [0.25, 0.3) is 0 Å². The highest BCUT2D eigenvalue weighted by Gasteiger charge is 2.38. The highest BCUT2D eigenvalue weighted by molar-refractivity contribution is 5.93. The number of nitrogens with zero attached hydrogens (tertiary/aromatic N) is 3. The smallest absolute Gasteiger partial charge is 0.263 e. The molecule has 0 unspecified atom stereocenters. The van der Waals surface area contributed by atoms with Gasteiger partial charge in [0.25, 0.3) is 11.5 Å². The second-order valence-electron chi connectivity index (χ2n) is 9.57. The Morgan fingerprint density at radius 2 is 1.81 bits per heavy atom. The summed E-state index contributed by atoms with van der Waals surface area (Å²) >= 11 is 0. The first-order valence-electron chi connectivity index (χ1n) is 11.8. The average Bonchev–Trinajstić information content (AvgIpc) is 3.48. The van der Waals surface area contributed by atoms with Gasteiger partial charge in [-0.2, -0.15) is 0 Å². The molecule has 7 heteroatoms. The fourth-order valence-corrected chi connectivity index (χ4v) is 5.80. The van der Waals surface area contributed by atoms with Crippen molar-refractivity contribution in [2.75, 3.05) is 39.3 Å². The van der Waals surface area contributed by atoms with Crippen molar-refractivity contribution in [1.29, 1.82) is 0 Å². The molecule has 4 aliphatic rings. The maximum Gasteiger partial charge on any atom is 0.263 e. The molecular formula is C24H32N4O3. The normalized spacial score (nSPS) is 25.6. The van der Waals surface area contributed by atoms with Crippen molar-refractivity contribution in [2.45, 2.75) is 44.6 Å². The number of allylic oxidation sites excluding steroid dienone is 2. The van der Waals surface area contributed by atoms with E-state index < -0.39 is 0 Å². The molecule has 0 spiro atoms. The SMILES string of the molecule is O=C(NCCN1CCCC1)c1ccc2n(c1=O)C[C@H]1C[C@@H]2CN(C(=O)C2CC=CC2)C1. The molecule has 1 aromatic heterocycles. The molecule has 2 fully saturated rings. The summed E-state index contributed by atoms with van der Waals surface area (Å²) in [5, 5.41) is 2.92. The summed E-state index contributed by atoms with van der Waals surface area (Å²) in [7, 11) is 0. The molecule has 2 bridgehead atoms. The van der Waals surface area contributed by atoms with Crippen molar-refractivity contribution in [3.63, 3.8) is 0 Å². The fraction of sp³-hybridized carbons (Fsp3) is 0.625. The molecule has 2 amide bonds. The van der Waals surface area contributed by atoms with E-state index in [1.54, 1.807) is 10.6 Å². The van der Waals surface area contributed by atoms with Gasteiger partial charge in [-0.25, -0.2) is 0 Å². The second-order valence-corrected chi connectivity index (χ2v) is 9.57. The number of nitrogens with one attached hydrogen (secondary N) is 1. The third kappa shape index (κ3) is 4.07.